The van der Waals surface area contributed by atoms with Crippen LogP contribution in [0.2, 0.25) is 9.36 Å². The van der Waals surface area contributed by atoms with E-state index in [4.69, 9.17) is 44.9 Å². The van der Waals surface area contributed by atoms with Gasteiger partial charge in [0.15, 0.2) is 5.11 Å². The third kappa shape index (κ3) is 4.40. The highest BCUT2D eigenvalue weighted by molar-refractivity contribution is 7.80. The fraction of sp³-hybridized carbons (Fsp3) is 0.238. The number of methoxy groups -OCH3 is 1. The van der Waals surface area contributed by atoms with Crippen LogP contribution in [0.1, 0.15) is 22.7 Å². The molecule has 0 aliphatic carbocycles. The molecule has 0 unspecified atom stereocenters. The van der Waals surface area contributed by atoms with E-state index in [2.05, 4.69) is 15.2 Å². The van der Waals surface area contributed by atoms with Gasteiger partial charge in [0.05, 0.1) is 33.7 Å². The molecule has 30 heavy (non-hydrogen) atoms. The van der Waals surface area contributed by atoms with Crippen LogP contribution < -0.4 is 15.0 Å². The summed E-state index contributed by atoms with van der Waals surface area (Å²) in [6.07, 6.45) is 1.78. The number of pyridine rings is 1. The van der Waals surface area contributed by atoms with Gasteiger partial charge in [0.25, 0.3) is 0 Å². The molecule has 0 saturated carbocycles. The van der Waals surface area contributed by atoms with Crippen LogP contribution in [0.4, 0.5) is 5.69 Å². The third-order valence-corrected chi connectivity index (χ3v) is 6.63. The zero-order valence-corrected chi connectivity index (χ0v) is 19.2. The third-order valence-electron chi connectivity index (χ3n) is 4.72. The molecule has 3 heterocycles. The summed E-state index contributed by atoms with van der Waals surface area (Å²) in [4.78, 5) is 7.68. The zero-order valence-electron chi connectivity index (χ0n) is 16.0. The highest BCUT2D eigenvalue weighted by Gasteiger charge is 2.41. The van der Waals surface area contributed by atoms with Crippen molar-refractivity contribution < 1.29 is 9.47 Å². The topological polar surface area (TPSA) is 46.6 Å². The number of thiophene rings is 1. The molecule has 0 bridgehead atoms. The smallest absolute Gasteiger partial charge is 0.174 e. The standard InChI is InChI=1S/C21H19Cl2N3O2S2/c1-27-10-11-28-16-6-5-13(12-14(16)22)26-20(17-7-8-18(23)30-17)19(25-21(26)29)15-4-2-3-9-24-15/h2-9,12,19-20H,10-11H2,1H3,(H,25,29)/t19-,20-/m1/s1. The summed E-state index contributed by atoms with van der Waals surface area (Å²) in [5.41, 5.74) is 1.77. The maximum atomic E-state index is 6.50. The predicted octanol–water partition coefficient (Wildman–Crippen LogP) is 5.65. The van der Waals surface area contributed by atoms with Crippen molar-refractivity contribution in [1.29, 1.82) is 0 Å². The largest absolute Gasteiger partial charge is 0.490 e. The molecule has 1 saturated heterocycles. The Labute approximate surface area is 194 Å². The van der Waals surface area contributed by atoms with Crippen molar-refractivity contribution in [3.63, 3.8) is 0 Å². The van der Waals surface area contributed by atoms with Gasteiger partial charge < -0.3 is 19.7 Å². The molecule has 9 heteroatoms. The van der Waals surface area contributed by atoms with E-state index in [1.807, 2.05) is 48.5 Å². The highest BCUT2D eigenvalue weighted by atomic mass is 35.5. The molecule has 2 aromatic heterocycles. The van der Waals surface area contributed by atoms with Gasteiger partial charge in [0, 0.05) is 23.9 Å². The van der Waals surface area contributed by atoms with Gasteiger partial charge in [-0.1, -0.05) is 29.3 Å². The van der Waals surface area contributed by atoms with Crippen LogP contribution in [0.5, 0.6) is 5.75 Å². The van der Waals surface area contributed by atoms with E-state index >= 15 is 0 Å². The molecule has 3 aromatic rings. The molecule has 2 atom stereocenters. The average Bonchev–Trinajstić information content (AvgIpc) is 3.33. The quantitative estimate of drug-likeness (QED) is 0.348. The first-order valence-electron chi connectivity index (χ1n) is 9.25. The summed E-state index contributed by atoms with van der Waals surface area (Å²) in [5, 5.41) is 4.53. The normalized spacial score (nSPS) is 18.5. The Balaban J connectivity index is 1.70. The maximum absolute atomic E-state index is 6.50. The first kappa shape index (κ1) is 21.3. The van der Waals surface area contributed by atoms with Crippen LogP contribution in [0, 0.1) is 0 Å². The van der Waals surface area contributed by atoms with E-state index in [9.17, 15) is 0 Å². The van der Waals surface area contributed by atoms with Crippen molar-refractivity contribution in [2.75, 3.05) is 25.2 Å². The fourth-order valence-electron chi connectivity index (χ4n) is 3.40. The predicted molar refractivity (Wildman–Crippen MR) is 126 cm³/mol. The Bertz CT molecular complexity index is 1030. The Kier molecular flexibility index (Phi) is 6.75. The molecular weight excluding hydrogens is 461 g/mol. The number of rotatable bonds is 7. The number of ether oxygens (including phenoxy) is 2. The van der Waals surface area contributed by atoms with E-state index in [1.165, 1.54) is 11.3 Å². The molecular formula is C21H19Cl2N3O2S2. The van der Waals surface area contributed by atoms with Gasteiger partial charge in [0.1, 0.15) is 12.4 Å². The first-order chi connectivity index (χ1) is 14.6. The van der Waals surface area contributed by atoms with E-state index in [0.717, 1.165) is 20.6 Å². The van der Waals surface area contributed by atoms with E-state index in [-0.39, 0.29) is 12.1 Å². The summed E-state index contributed by atoms with van der Waals surface area (Å²) >= 11 is 20.0. The number of aromatic nitrogens is 1. The lowest BCUT2D eigenvalue weighted by atomic mass is 10.0. The Morgan fingerprint density at radius 1 is 1.17 bits per heavy atom. The second kappa shape index (κ2) is 9.49. The van der Waals surface area contributed by atoms with Gasteiger partial charge in [-0.3, -0.25) is 4.98 Å². The highest BCUT2D eigenvalue weighted by Crippen LogP contribution is 2.45. The molecule has 1 aliphatic heterocycles. The lowest BCUT2D eigenvalue weighted by Crippen LogP contribution is -2.29. The second-order valence-corrected chi connectivity index (χ2v) is 9.14. The number of halogens is 2. The van der Waals surface area contributed by atoms with Crippen molar-refractivity contribution in [2.24, 2.45) is 0 Å². The van der Waals surface area contributed by atoms with Crippen LogP contribution in [0.25, 0.3) is 0 Å². The molecule has 5 nitrogen and oxygen atoms in total. The Hall–Kier alpha value is -1.90. The summed E-state index contributed by atoms with van der Waals surface area (Å²) in [5.74, 6) is 0.604. The van der Waals surface area contributed by atoms with Crippen LogP contribution in [-0.4, -0.2) is 30.4 Å². The number of anilines is 1. The summed E-state index contributed by atoms with van der Waals surface area (Å²) in [6.45, 7) is 0.919. The molecule has 1 aromatic carbocycles. The summed E-state index contributed by atoms with van der Waals surface area (Å²) in [7, 11) is 1.63. The molecule has 1 N–H and O–H groups in total. The minimum atomic E-state index is -0.121. The van der Waals surface area contributed by atoms with E-state index in [0.29, 0.717) is 29.1 Å². The molecule has 4 rings (SSSR count). The minimum absolute atomic E-state index is 0.110. The van der Waals surface area contributed by atoms with Gasteiger partial charge in [-0.15, -0.1) is 11.3 Å². The number of nitrogens with zero attached hydrogens (tertiary/aromatic N) is 2. The SMILES string of the molecule is COCCOc1ccc(N2C(=S)N[C@H](c3ccccn3)[C@H]2c2ccc(Cl)s2)cc1Cl. The number of hydrogen-bond acceptors (Lipinski definition) is 5. The summed E-state index contributed by atoms with van der Waals surface area (Å²) in [6, 6.07) is 15.2. The maximum Gasteiger partial charge on any atom is 0.174 e. The van der Waals surface area contributed by atoms with Crippen molar-refractivity contribution in [3.8, 4) is 5.75 Å². The van der Waals surface area contributed by atoms with Crippen molar-refractivity contribution in [2.45, 2.75) is 12.1 Å². The van der Waals surface area contributed by atoms with Crippen LogP contribution in [-0.2, 0) is 4.74 Å². The molecule has 0 radical (unpaired) electrons. The first-order valence-corrected chi connectivity index (χ1v) is 11.2. The molecule has 0 spiro atoms. The number of hydrogen-bond donors (Lipinski definition) is 1. The zero-order chi connectivity index (χ0) is 21.1. The lowest BCUT2D eigenvalue weighted by molar-refractivity contribution is 0.146. The van der Waals surface area contributed by atoms with Gasteiger partial charge in [-0.05, 0) is 54.7 Å². The van der Waals surface area contributed by atoms with Crippen molar-refractivity contribution >= 4 is 57.6 Å². The van der Waals surface area contributed by atoms with Crippen molar-refractivity contribution in [1.82, 2.24) is 10.3 Å². The van der Waals surface area contributed by atoms with Crippen molar-refractivity contribution in [3.05, 3.63) is 74.7 Å². The van der Waals surface area contributed by atoms with Crippen LogP contribution >= 0.6 is 46.8 Å². The van der Waals surface area contributed by atoms with Crippen LogP contribution in [0.3, 0.4) is 0 Å². The Morgan fingerprint density at radius 2 is 2.03 bits per heavy atom. The lowest BCUT2D eigenvalue weighted by Gasteiger charge is -2.27. The van der Waals surface area contributed by atoms with Gasteiger partial charge in [-0.2, -0.15) is 0 Å². The van der Waals surface area contributed by atoms with Gasteiger partial charge in [0.2, 0.25) is 0 Å². The molecule has 1 fully saturated rings. The monoisotopic (exact) mass is 479 g/mol. The van der Waals surface area contributed by atoms with Crippen LogP contribution in [0.15, 0.2) is 54.7 Å². The molecule has 1 aliphatic rings. The van der Waals surface area contributed by atoms with E-state index < -0.39 is 0 Å². The van der Waals surface area contributed by atoms with Gasteiger partial charge in [-0.25, -0.2) is 0 Å². The molecule has 156 valence electrons. The average molecular weight is 480 g/mol. The minimum Gasteiger partial charge on any atom is -0.490 e. The fourth-order valence-corrected chi connectivity index (χ4v) is 5.17. The second-order valence-electron chi connectivity index (χ2n) is 6.59. The summed E-state index contributed by atoms with van der Waals surface area (Å²) < 4.78 is 11.4. The Morgan fingerprint density at radius 3 is 2.70 bits per heavy atom. The number of nitrogens with one attached hydrogen (secondary N) is 1. The number of benzene rings is 1. The number of thiocarbonyl (C=S) groups is 1. The van der Waals surface area contributed by atoms with Gasteiger partial charge >= 0.3 is 0 Å². The molecule has 0 amide bonds. The van der Waals surface area contributed by atoms with E-state index in [1.54, 1.807) is 13.3 Å².